The summed E-state index contributed by atoms with van der Waals surface area (Å²) in [4.78, 5) is 53.7. The molecule has 0 saturated carbocycles. The summed E-state index contributed by atoms with van der Waals surface area (Å²) in [7, 11) is 1.07. The predicted molar refractivity (Wildman–Crippen MR) is 229 cm³/mol. The van der Waals surface area contributed by atoms with Crippen LogP contribution in [-0.2, 0) is 14.2 Å². The van der Waals surface area contributed by atoms with Crippen LogP contribution in [0, 0.1) is 17.5 Å². The van der Waals surface area contributed by atoms with E-state index in [4.69, 9.17) is 42.5 Å². The summed E-state index contributed by atoms with van der Waals surface area (Å²) in [6, 6.07) is 1.64. The molecule has 3 aliphatic heterocycles. The van der Waals surface area contributed by atoms with Crippen molar-refractivity contribution in [3.8, 4) is 5.75 Å². The van der Waals surface area contributed by atoms with E-state index in [1.54, 1.807) is 14.7 Å². The van der Waals surface area contributed by atoms with E-state index >= 15 is 0 Å². The van der Waals surface area contributed by atoms with Gasteiger partial charge in [0.05, 0.1) is 44.9 Å². The summed E-state index contributed by atoms with van der Waals surface area (Å²) >= 11 is 17.4. The minimum Gasteiger partial charge on any atom is -0.491 e. The first-order chi connectivity index (χ1) is 27.3. The second-order valence-corrected chi connectivity index (χ2v) is 18.4. The van der Waals surface area contributed by atoms with E-state index < -0.39 is 51.3 Å². The highest BCUT2D eigenvalue weighted by Gasteiger charge is 2.41. The summed E-state index contributed by atoms with van der Waals surface area (Å²) in [5.74, 6) is -3.61. The molecule has 0 spiro atoms. The summed E-state index contributed by atoms with van der Waals surface area (Å²) in [6.45, 7) is 17.3. The molecule has 4 atom stereocenters. The third-order valence-corrected chi connectivity index (χ3v) is 11.8. The third-order valence-electron chi connectivity index (χ3n) is 9.04. The molecule has 2 aromatic rings. The van der Waals surface area contributed by atoms with Crippen LogP contribution in [0.25, 0.3) is 0 Å². The SMILES string of the molecule is C.COC(=O)c1cc(F)c(Br)c(Cl)c1F.C[C@@H]1CN2C(=O)c3cc(F)c(Br)c(Cl)c3OCC[C@H]2CN1C(=O)OC(C)(C)C.C[C@@H]1CN[C@@H](CCO)CN1C(=O)OC(C)(C)C. The minimum absolute atomic E-state index is 0. The van der Waals surface area contributed by atoms with Gasteiger partial charge in [-0.05, 0) is 106 Å². The number of esters is 1. The zero-order valence-corrected chi connectivity index (χ0v) is 39.0. The number of benzene rings is 2. The van der Waals surface area contributed by atoms with Crippen LogP contribution >= 0.6 is 55.1 Å². The number of aliphatic hydroxyl groups excluding tert-OH is 1. The maximum atomic E-state index is 14.2. The van der Waals surface area contributed by atoms with Crippen molar-refractivity contribution in [1.82, 2.24) is 20.0 Å². The molecule has 20 heteroatoms. The van der Waals surface area contributed by atoms with E-state index in [1.807, 2.05) is 55.4 Å². The van der Waals surface area contributed by atoms with Crippen LogP contribution in [0.15, 0.2) is 21.1 Å². The molecule has 3 amide bonds. The van der Waals surface area contributed by atoms with Gasteiger partial charge < -0.3 is 44.1 Å². The van der Waals surface area contributed by atoms with E-state index in [0.29, 0.717) is 32.5 Å². The number of aliphatic hydroxyl groups is 1. The number of carbonyl (C=O) groups excluding carboxylic acids is 4. The number of methoxy groups -OCH3 is 1. The Morgan fingerprint density at radius 3 is 1.97 bits per heavy atom. The van der Waals surface area contributed by atoms with Gasteiger partial charge >= 0.3 is 18.2 Å². The van der Waals surface area contributed by atoms with Crippen LogP contribution in [-0.4, -0.2) is 126 Å². The lowest BCUT2D eigenvalue weighted by Crippen LogP contribution is -2.61. The van der Waals surface area contributed by atoms with Gasteiger partial charge in [0.2, 0.25) is 0 Å². The van der Waals surface area contributed by atoms with Crippen LogP contribution in [0.3, 0.4) is 0 Å². The van der Waals surface area contributed by atoms with Crippen LogP contribution < -0.4 is 10.1 Å². The average molecular weight is 1020 g/mol. The molecule has 0 unspecified atom stereocenters. The summed E-state index contributed by atoms with van der Waals surface area (Å²) < 4.78 is 61.1. The lowest BCUT2D eigenvalue weighted by molar-refractivity contribution is -0.0136. The Hall–Kier alpha value is -3.03. The van der Waals surface area contributed by atoms with Crippen molar-refractivity contribution in [2.45, 2.75) is 111 Å². The minimum atomic E-state index is -1.01. The van der Waals surface area contributed by atoms with Crippen LogP contribution in [0.5, 0.6) is 5.75 Å². The van der Waals surface area contributed by atoms with Gasteiger partial charge in [-0.1, -0.05) is 30.6 Å². The van der Waals surface area contributed by atoms with Crippen molar-refractivity contribution < 1.29 is 56.4 Å². The molecule has 0 aliphatic carbocycles. The Labute approximate surface area is 376 Å². The molecule has 0 radical (unpaired) electrons. The van der Waals surface area contributed by atoms with Gasteiger partial charge in [0.15, 0.2) is 11.6 Å². The lowest BCUT2D eigenvalue weighted by Gasteiger charge is -2.46. The maximum absolute atomic E-state index is 14.2. The first-order valence-electron chi connectivity index (χ1n) is 18.7. The fourth-order valence-electron chi connectivity index (χ4n) is 6.12. The standard InChI is InChI=1S/C19H23BrClFN2O4.C12H24N2O3.C8H4BrClF2O2.CH4/c1-10-8-24-11(9-23(10)18(26)28-19(2,3)4)5-6-27-16-12(17(24)25)7-13(22)14(20)15(16)21;1-9-7-13-10(5-6-15)8-14(9)11(16)17-12(2,3)4;1-14-8(13)3-2-4(11)5(9)6(10)7(3)12;/h7,10-11H,5-6,8-9H2,1-4H3;9-10,13,15H,5-8H2,1-4H3;2H,1H3;1H4/t10-,11+;9-,10+;;/m11../s1. The molecular formula is C40H55Br2Cl2F3N4O9. The van der Waals surface area contributed by atoms with Crippen molar-refractivity contribution in [2.24, 2.45) is 0 Å². The van der Waals surface area contributed by atoms with Crippen molar-refractivity contribution in [3.05, 3.63) is 59.7 Å². The molecule has 2 N–H and O–H groups in total. The highest BCUT2D eigenvalue weighted by Crippen LogP contribution is 2.40. The second kappa shape index (κ2) is 22.4. The Morgan fingerprint density at radius 2 is 1.43 bits per heavy atom. The fourth-order valence-corrected chi connectivity index (χ4v) is 7.15. The molecule has 5 rings (SSSR count). The number of hydrogen-bond donors (Lipinski definition) is 2. The van der Waals surface area contributed by atoms with Gasteiger partial charge in [-0.3, -0.25) is 4.79 Å². The summed E-state index contributed by atoms with van der Waals surface area (Å²) in [5.41, 5.74) is -1.51. The zero-order valence-electron chi connectivity index (χ0n) is 34.3. The number of nitrogens with one attached hydrogen (secondary N) is 1. The topological polar surface area (TPSA) is 147 Å². The molecule has 0 aromatic heterocycles. The number of fused-ring (bicyclic) bond motifs is 2. The monoisotopic (exact) mass is 1020 g/mol. The van der Waals surface area contributed by atoms with E-state index in [1.165, 1.54) is 0 Å². The molecule has 2 fully saturated rings. The van der Waals surface area contributed by atoms with Crippen LogP contribution in [0.4, 0.5) is 22.8 Å². The Kier molecular flexibility index (Phi) is 19.8. The van der Waals surface area contributed by atoms with Crippen molar-refractivity contribution in [2.75, 3.05) is 46.5 Å². The van der Waals surface area contributed by atoms with Gasteiger partial charge in [-0.25, -0.2) is 27.6 Å². The van der Waals surface area contributed by atoms with E-state index in [2.05, 4.69) is 41.9 Å². The van der Waals surface area contributed by atoms with Crippen LogP contribution in [0.1, 0.15) is 96.4 Å². The van der Waals surface area contributed by atoms with Crippen molar-refractivity contribution in [1.29, 1.82) is 0 Å². The average Bonchev–Trinajstić information content (AvgIpc) is 3.14. The first kappa shape index (κ1) is 53.1. The van der Waals surface area contributed by atoms with E-state index in [9.17, 15) is 32.3 Å². The first-order valence-corrected chi connectivity index (χ1v) is 21.0. The predicted octanol–water partition coefficient (Wildman–Crippen LogP) is 9.24. The largest absolute Gasteiger partial charge is 0.491 e. The Bertz CT molecular complexity index is 1870. The Morgan fingerprint density at radius 1 is 0.900 bits per heavy atom. The molecular weight excluding hydrogens is 968 g/mol. The number of hydrogen-bond acceptors (Lipinski definition) is 10. The summed E-state index contributed by atoms with van der Waals surface area (Å²) in [6.07, 6.45) is 0.497. The summed E-state index contributed by atoms with van der Waals surface area (Å²) in [5, 5.41) is 11.8. The number of nitrogens with zero attached hydrogens (tertiary/aromatic N) is 3. The fraction of sp³-hybridized carbons (Fsp3) is 0.600. The Balaban J connectivity index is 0.000000333. The van der Waals surface area contributed by atoms with Gasteiger partial charge in [0.25, 0.3) is 5.91 Å². The zero-order chi connectivity index (χ0) is 44.7. The lowest BCUT2D eigenvalue weighted by atomic mass is 10.0. The number of ether oxygens (including phenoxy) is 4. The van der Waals surface area contributed by atoms with E-state index in [0.717, 1.165) is 25.8 Å². The molecule has 3 heterocycles. The molecule has 60 heavy (non-hydrogen) atoms. The molecule has 2 aromatic carbocycles. The second-order valence-electron chi connectivity index (χ2n) is 16.0. The third kappa shape index (κ3) is 14.0. The van der Waals surface area contributed by atoms with Gasteiger partial charge in [-0.2, -0.15) is 0 Å². The van der Waals surface area contributed by atoms with Gasteiger partial charge in [0.1, 0.15) is 27.9 Å². The molecule has 338 valence electrons. The number of carbonyl (C=O) groups is 4. The van der Waals surface area contributed by atoms with Crippen LogP contribution in [0.2, 0.25) is 10.0 Å². The molecule has 2 saturated heterocycles. The molecule has 3 aliphatic rings. The highest BCUT2D eigenvalue weighted by atomic mass is 79.9. The number of piperazine rings is 2. The van der Waals surface area contributed by atoms with Gasteiger partial charge in [0, 0.05) is 57.3 Å². The van der Waals surface area contributed by atoms with Crippen molar-refractivity contribution >= 4 is 79.1 Å². The normalized spacial score (nSPS) is 20.2. The molecule has 13 nitrogen and oxygen atoms in total. The number of rotatable bonds is 3. The van der Waals surface area contributed by atoms with Crippen molar-refractivity contribution in [3.63, 3.8) is 0 Å². The van der Waals surface area contributed by atoms with E-state index in [-0.39, 0.29) is 82.1 Å². The molecule has 0 bridgehead atoms. The number of halogens is 7. The van der Waals surface area contributed by atoms with Gasteiger partial charge in [-0.15, -0.1) is 0 Å². The quantitative estimate of drug-likeness (QED) is 0.132. The maximum Gasteiger partial charge on any atom is 0.410 e. The smallest absolute Gasteiger partial charge is 0.410 e. The number of amides is 3. The highest BCUT2D eigenvalue weighted by molar-refractivity contribution is 9.10.